The van der Waals surface area contributed by atoms with Crippen molar-refractivity contribution in [3.8, 4) is 11.5 Å². The molecule has 1 aromatic heterocycles. The van der Waals surface area contributed by atoms with E-state index in [-0.39, 0.29) is 6.54 Å². The maximum atomic E-state index is 8.15. The molecule has 0 aliphatic heterocycles. The molecule has 0 radical (unpaired) electrons. The Labute approximate surface area is 91.6 Å². The Balaban J connectivity index is 2.24. The lowest BCUT2D eigenvalue weighted by atomic mass is 10.1. The van der Waals surface area contributed by atoms with Crippen LogP contribution in [0, 0.1) is 6.92 Å². The molecule has 0 saturated carbocycles. The lowest BCUT2D eigenvalue weighted by Gasteiger charge is -1.94. The molecule has 0 spiro atoms. The molecule has 16 heavy (non-hydrogen) atoms. The van der Waals surface area contributed by atoms with Gasteiger partial charge in [-0.1, -0.05) is 22.8 Å². The van der Waals surface area contributed by atoms with E-state index in [9.17, 15) is 0 Å². The number of azide groups is 1. The Morgan fingerprint density at radius 2 is 2.06 bits per heavy atom. The standard InChI is InChI=1S/C10H9N5O/c1-7-2-4-8(5-3-7)10-14-13-9(16-10)6-12-15-11/h2-5H,6H2,1H3. The second kappa shape index (κ2) is 4.46. The van der Waals surface area contributed by atoms with Crippen molar-refractivity contribution in [3.05, 3.63) is 46.2 Å². The third-order valence-electron chi connectivity index (χ3n) is 2.03. The van der Waals surface area contributed by atoms with Gasteiger partial charge in [0.05, 0.1) is 0 Å². The molecule has 80 valence electrons. The molecule has 2 aromatic rings. The topological polar surface area (TPSA) is 87.7 Å². The second-order valence-electron chi connectivity index (χ2n) is 3.26. The highest BCUT2D eigenvalue weighted by atomic mass is 16.4. The third-order valence-corrected chi connectivity index (χ3v) is 2.03. The lowest BCUT2D eigenvalue weighted by Crippen LogP contribution is -1.78. The van der Waals surface area contributed by atoms with Crippen molar-refractivity contribution < 1.29 is 4.42 Å². The summed E-state index contributed by atoms with van der Waals surface area (Å²) in [5.41, 5.74) is 10.2. The molecular formula is C10H9N5O. The number of benzene rings is 1. The van der Waals surface area contributed by atoms with Crippen molar-refractivity contribution in [1.29, 1.82) is 0 Å². The highest BCUT2D eigenvalue weighted by Crippen LogP contribution is 2.18. The van der Waals surface area contributed by atoms with Gasteiger partial charge in [-0.25, -0.2) is 0 Å². The van der Waals surface area contributed by atoms with Gasteiger partial charge in [-0.2, -0.15) is 0 Å². The van der Waals surface area contributed by atoms with Gasteiger partial charge in [-0.3, -0.25) is 0 Å². The number of aromatic nitrogens is 2. The van der Waals surface area contributed by atoms with Crippen molar-refractivity contribution >= 4 is 0 Å². The van der Waals surface area contributed by atoms with Crippen molar-refractivity contribution in [2.45, 2.75) is 13.5 Å². The van der Waals surface area contributed by atoms with Gasteiger partial charge in [0.25, 0.3) is 0 Å². The first-order valence-corrected chi connectivity index (χ1v) is 4.70. The number of rotatable bonds is 3. The van der Waals surface area contributed by atoms with E-state index in [0.29, 0.717) is 11.8 Å². The van der Waals surface area contributed by atoms with Crippen LogP contribution in [0.5, 0.6) is 0 Å². The van der Waals surface area contributed by atoms with Crippen molar-refractivity contribution in [2.24, 2.45) is 5.11 Å². The summed E-state index contributed by atoms with van der Waals surface area (Å²) in [4.78, 5) is 2.62. The maximum Gasteiger partial charge on any atom is 0.247 e. The fourth-order valence-corrected chi connectivity index (χ4v) is 1.22. The van der Waals surface area contributed by atoms with Crippen molar-refractivity contribution in [1.82, 2.24) is 10.2 Å². The van der Waals surface area contributed by atoms with E-state index < -0.39 is 0 Å². The summed E-state index contributed by atoms with van der Waals surface area (Å²) in [6.45, 7) is 2.08. The minimum atomic E-state index is 0.0787. The summed E-state index contributed by atoms with van der Waals surface area (Å²) in [5, 5.41) is 11.0. The van der Waals surface area contributed by atoms with Gasteiger partial charge in [0.15, 0.2) is 0 Å². The largest absolute Gasteiger partial charge is 0.421 e. The van der Waals surface area contributed by atoms with Gasteiger partial charge in [0.2, 0.25) is 11.8 Å². The molecule has 2 rings (SSSR count). The molecule has 0 aliphatic carbocycles. The highest BCUT2D eigenvalue weighted by molar-refractivity contribution is 5.52. The molecule has 6 nitrogen and oxygen atoms in total. The second-order valence-corrected chi connectivity index (χ2v) is 3.26. The van der Waals surface area contributed by atoms with E-state index in [2.05, 4.69) is 20.2 Å². The smallest absolute Gasteiger partial charge is 0.247 e. The van der Waals surface area contributed by atoms with Crippen LogP contribution in [0.25, 0.3) is 21.9 Å². The third kappa shape index (κ3) is 2.18. The molecular weight excluding hydrogens is 206 g/mol. The van der Waals surface area contributed by atoms with Crippen LogP contribution < -0.4 is 0 Å². The fraction of sp³-hybridized carbons (Fsp3) is 0.200. The van der Waals surface area contributed by atoms with E-state index in [1.807, 2.05) is 31.2 Å². The SMILES string of the molecule is Cc1ccc(-c2nnc(CN=[N+]=[N-])o2)cc1. The predicted octanol–water partition coefficient (Wildman–Crippen LogP) is 2.86. The average Bonchev–Trinajstić information content (AvgIpc) is 2.76. The van der Waals surface area contributed by atoms with Crippen molar-refractivity contribution in [3.63, 3.8) is 0 Å². The molecule has 0 fully saturated rings. The average molecular weight is 215 g/mol. The summed E-state index contributed by atoms with van der Waals surface area (Å²) in [7, 11) is 0. The minimum absolute atomic E-state index is 0.0787. The van der Waals surface area contributed by atoms with Crippen LogP contribution in [0.15, 0.2) is 33.8 Å². The Hall–Kier alpha value is -2.33. The molecule has 0 N–H and O–H groups in total. The first-order chi connectivity index (χ1) is 7.79. The molecule has 0 unspecified atom stereocenters. The molecule has 0 atom stereocenters. The summed E-state index contributed by atoms with van der Waals surface area (Å²) in [6, 6.07) is 7.74. The van der Waals surface area contributed by atoms with Crippen LogP contribution in [0.3, 0.4) is 0 Å². The quantitative estimate of drug-likeness (QED) is 0.448. The molecule has 0 bridgehead atoms. The zero-order valence-corrected chi connectivity index (χ0v) is 8.66. The van der Waals surface area contributed by atoms with Crippen LogP contribution in [-0.2, 0) is 6.54 Å². The van der Waals surface area contributed by atoms with E-state index in [4.69, 9.17) is 9.95 Å². The number of nitrogens with zero attached hydrogens (tertiary/aromatic N) is 5. The Bertz CT molecular complexity index is 524. The van der Waals surface area contributed by atoms with Crippen LogP contribution >= 0.6 is 0 Å². The monoisotopic (exact) mass is 215 g/mol. The lowest BCUT2D eigenvalue weighted by molar-refractivity contribution is 0.508. The molecule has 6 heteroatoms. The minimum Gasteiger partial charge on any atom is -0.421 e. The van der Waals surface area contributed by atoms with Gasteiger partial charge >= 0.3 is 0 Å². The Kier molecular flexibility index (Phi) is 2.84. The number of aryl methyl sites for hydroxylation is 1. The summed E-state index contributed by atoms with van der Waals surface area (Å²) in [6.07, 6.45) is 0. The normalized spacial score (nSPS) is 9.81. The molecule has 1 heterocycles. The first-order valence-electron chi connectivity index (χ1n) is 4.70. The molecule has 0 amide bonds. The molecule has 1 aromatic carbocycles. The van der Waals surface area contributed by atoms with Gasteiger partial charge in [0.1, 0.15) is 6.54 Å². The Morgan fingerprint density at radius 1 is 1.31 bits per heavy atom. The van der Waals surface area contributed by atoms with Crippen LogP contribution in [0.2, 0.25) is 0 Å². The van der Waals surface area contributed by atoms with Crippen molar-refractivity contribution in [2.75, 3.05) is 0 Å². The van der Waals surface area contributed by atoms with Gasteiger partial charge in [-0.15, -0.1) is 10.2 Å². The number of hydrogen-bond donors (Lipinski definition) is 0. The molecule has 0 aliphatic rings. The summed E-state index contributed by atoms with van der Waals surface area (Å²) >= 11 is 0. The fourth-order valence-electron chi connectivity index (χ4n) is 1.22. The number of hydrogen-bond acceptors (Lipinski definition) is 4. The Morgan fingerprint density at radius 3 is 2.75 bits per heavy atom. The zero-order chi connectivity index (χ0) is 11.4. The van der Waals surface area contributed by atoms with E-state index in [1.54, 1.807) is 0 Å². The zero-order valence-electron chi connectivity index (χ0n) is 8.66. The summed E-state index contributed by atoms with van der Waals surface area (Å²) < 4.78 is 5.32. The summed E-state index contributed by atoms with van der Waals surface area (Å²) in [5.74, 6) is 0.747. The predicted molar refractivity (Wildman–Crippen MR) is 57.3 cm³/mol. The van der Waals surface area contributed by atoms with E-state index in [0.717, 1.165) is 11.1 Å². The van der Waals surface area contributed by atoms with Gasteiger partial charge < -0.3 is 4.42 Å². The maximum absolute atomic E-state index is 8.15. The van der Waals surface area contributed by atoms with E-state index in [1.165, 1.54) is 0 Å². The highest BCUT2D eigenvalue weighted by Gasteiger charge is 2.06. The van der Waals surface area contributed by atoms with E-state index >= 15 is 0 Å². The van der Waals surface area contributed by atoms with Crippen LogP contribution in [-0.4, -0.2) is 10.2 Å². The van der Waals surface area contributed by atoms with Gasteiger partial charge in [0, 0.05) is 10.5 Å². The first kappa shape index (κ1) is 10.2. The molecule has 0 saturated heterocycles. The van der Waals surface area contributed by atoms with Gasteiger partial charge in [-0.05, 0) is 24.6 Å². The van der Waals surface area contributed by atoms with Crippen LogP contribution in [0.1, 0.15) is 11.5 Å². The van der Waals surface area contributed by atoms with Crippen LogP contribution in [0.4, 0.5) is 0 Å².